The number of amides is 1. The molecule has 2 aromatic heterocycles. The van der Waals surface area contributed by atoms with Crippen molar-refractivity contribution in [2.75, 3.05) is 62.3 Å². The molecule has 0 saturated carbocycles. The van der Waals surface area contributed by atoms with Gasteiger partial charge in [0.15, 0.2) is 0 Å². The number of carbonyl (C=O) groups is 1. The lowest BCUT2D eigenvalue weighted by Gasteiger charge is -2.34. The summed E-state index contributed by atoms with van der Waals surface area (Å²) in [4.78, 5) is 28.5. The van der Waals surface area contributed by atoms with Crippen molar-refractivity contribution < 1.29 is 13.9 Å². The van der Waals surface area contributed by atoms with Crippen molar-refractivity contribution >= 4 is 17.5 Å². The van der Waals surface area contributed by atoms with Gasteiger partial charge in [-0.15, -0.1) is 0 Å². The maximum Gasteiger partial charge on any atom is 0.257 e. The summed E-state index contributed by atoms with van der Waals surface area (Å²) in [5, 5.41) is 0. The molecule has 2 saturated heterocycles. The fourth-order valence-corrected chi connectivity index (χ4v) is 4.45. The van der Waals surface area contributed by atoms with Crippen LogP contribution in [-0.4, -0.2) is 73.3 Å². The molecule has 2 aliphatic heterocycles. The number of piperazine rings is 1. The number of ether oxygens (including phenoxy) is 1. The zero-order valence-corrected chi connectivity index (χ0v) is 19.2. The lowest BCUT2D eigenvalue weighted by atomic mass is 10.1. The van der Waals surface area contributed by atoms with Crippen LogP contribution in [0.25, 0.3) is 11.3 Å². The van der Waals surface area contributed by atoms with Crippen LogP contribution in [0.1, 0.15) is 21.9 Å². The standard InChI is InChI=1S/C25H29N5O3/c1-18-17-22(19(2)33-18)24(31)29-9-11-30(12-10-29)25-26-8-7-23(27-25)20-3-5-21(6-4-20)28-13-15-32-16-14-28/h3-8,17H,9-16H2,1-2H3. The lowest BCUT2D eigenvalue weighted by molar-refractivity contribution is 0.0744. The van der Waals surface area contributed by atoms with Crippen LogP contribution >= 0.6 is 0 Å². The molecular weight excluding hydrogens is 418 g/mol. The summed E-state index contributed by atoms with van der Waals surface area (Å²) in [6.45, 7) is 9.74. The Morgan fingerprint density at radius 2 is 1.64 bits per heavy atom. The van der Waals surface area contributed by atoms with Crippen LogP contribution in [0.2, 0.25) is 0 Å². The van der Waals surface area contributed by atoms with E-state index < -0.39 is 0 Å². The molecule has 0 atom stereocenters. The molecule has 2 fully saturated rings. The number of hydrogen-bond acceptors (Lipinski definition) is 7. The van der Waals surface area contributed by atoms with Crippen molar-refractivity contribution in [1.29, 1.82) is 0 Å². The Hall–Kier alpha value is -3.39. The highest BCUT2D eigenvalue weighted by Crippen LogP contribution is 2.24. The van der Waals surface area contributed by atoms with Gasteiger partial charge in [0, 0.05) is 56.7 Å². The normalized spacial score (nSPS) is 16.8. The predicted molar refractivity (Wildman–Crippen MR) is 127 cm³/mol. The third-order valence-corrected chi connectivity index (χ3v) is 6.30. The number of anilines is 2. The number of aryl methyl sites for hydroxylation is 2. The van der Waals surface area contributed by atoms with Crippen molar-refractivity contribution in [2.24, 2.45) is 0 Å². The molecular formula is C25H29N5O3. The number of hydrogen-bond donors (Lipinski definition) is 0. The first-order chi connectivity index (χ1) is 16.1. The van der Waals surface area contributed by atoms with Gasteiger partial charge in [-0.25, -0.2) is 9.97 Å². The molecule has 8 nitrogen and oxygen atoms in total. The summed E-state index contributed by atoms with van der Waals surface area (Å²) in [7, 11) is 0. The molecule has 172 valence electrons. The molecule has 5 rings (SSSR count). The van der Waals surface area contributed by atoms with E-state index in [9.17, 15) is 4.79 Å². The van der Waals surface area contributed by atoms with Crippen molar-refractivity contribution in [3.8, 4) is 11.3 Å². The van der Waals surface area contributed by atoms with Crippen LogP contribution in [0.3, 0.4) is 0 Å². The number of carbonyl (C=O) groups excluding carboxylic acids is 1. The van der Waals surface area contributed by atoms with Crippen LogP contribution < -0.4 is 9.80 Å². The van der Waals surface area contributed by atoms with Crippen molar-refractivity contribution in [3.63, 3.8) is 0 Å². The van der Waals surface area contributed by atoms with Gasteiger partial charge >= 0.3 is 0 Å². The first-order valence-corrected chi connectivity index (χ1v) is 11.5. The highest BCUT2D eigenvalue weighted by Gasteiger charge is 2.26. The average molecular weight is 448 g/mol. The minimum atomic E-state index is 0.0269. The molecule has 1 aromatic carbocycles. The van der Waals surface area contributed by atoms with Gasteiger partial charge in [0.25, 0.3) is 5.91 Å². The fraction of sp³-hybridized carbons (Fsp3) is 0.400. The van der Waals surface area contributed by atoms with Gasteiger partial charge in [-0.1, -0.05) is 12.1 Å². The van der Waals surface area contributed by atoms with E-state index >= 15 is 0 Å². The summed E-state index contributed by atoms with van der Waals surface area (Å²) in [6.07, 6.45) is 1.81. The van der Waals surface area contributed by atoms with E-state index in [0.29, 0.717) is 43.5 Å². The van der Waals surface area contributed by atoms with Gasteiger partial charge in [0.05, 0.1) is 24.5 Å². The molecule has 2 aliphatic rings. The maximum absolute atomic E-state index is 12.9. The minimum absolute atomic E-state index is 0.0269. The van der Waals surface area contributed by atoms with Crippen LogP contribution in [0.15, 0.2) is 47.0 Å². The third kappa shape index (κ3) is 4.57. The van der Waals surface area contributed by atoms with Crippen LogP contribution in [0.4, 0.5) is 11.6 Å². The van der Waals surface area contributed by atoms with E-state index in [2.05, 4.69) is 39.0 Å². The largest absolute Gasteiger partial charge is 0.466 e. The summed E-state index contributed by atoms with van der Waals surface area (Å²) >= 11 is 0. The molecule has 33 heavy (non-hydrogen) atoms. The number of morpholine rings is 1. The summed E-state index contributed by atoms with van der Waals surface area (Å²) < 4.78 is 11.0. The predicted octanol–water partition coefficient (Wildman–Crippen LogP) is 3.15. The molecule has 0 N–H and O–H groups in total. The van der Waals surface area contributed by atoms with E-state index in [4.69, 9.17) is 14.1 Å². The highest BCUT2D eigenvalue weighted by atomic mass is 16.5. The Morgan fingerprint density at radius 1 is 0.909 bits per heavy atom. The molecule has 1 amide bonds. The van der Waals surface area contributed by atoms with Crippen LogP contribution in [0.5, 0.6) is 0 Å². The van der Waals surface area contributed by atoms with Crippen molar-refractivity contribution in [1.82, 2.24) is 14.9 Å². The number of aromatic nitrogens is 2. The number of nitrogens with zero attached hydrogens (tertiary/aromatic N) is 5. The zero-order chi connectivity index (χ0) is 22.8. The monoisotopic (exact) mass is 447 g/mol. The smallest absolute Gasteiger partial charge is 0.257 e. The van der Waals surface area contributed by atoms with Gasteiger partial charge < -0.3 is 23.9 Å². The first-order valence-electron chi connectivity index (χ1n) is 11.5. The third-order valence-electron chi connectivity index (χ3n) is 6.30. The Balaban J connectivity index is 1.24. The molecule has 0 unspecified atom stereocenters. The Bertz CT molecular complexity index is 1110. The van der Waals surface area contributed by atoms with Crippen molar-refractivity contribution in [2.45, 2.75) is 13.8 Å². The van der Waals surface area contributed by atoms with Crippen LogP contribution in [-0.2, 0) is 4.74 Å². The molecule has 8 heteroatoms. The maximum atomic E-state index is 12.9. The summed E-state index contributed by atoms with van der Waals surface area (Å²) in [5.41, 5.74) is 3.83. The second-order valence-electron chi connectivity index (χ2n) is 8.49. The minimum Gasteiger partial charge on any atom is -0.466 e. The van der Waals surface area contributed by atoms with E-state index in [0.717, 1.165) is 43.3 Å². The Morgan fingerprint density at radius 3 is 2.30 bits per heavy atom. The van der Waals surface area contributed by atoms with E-state index in [-0.39, 0.29) is 5.91 Å². The second-order valence-corrected chi connectivity index (χ2v) is 8.49. The Kier molecular flexibility index (Phi) is 6.00. The van der Waals surface area contributed by atoms with E-state index in [1.54, 1.807) is 0 Å². The lowest BCUT2D eigenvalue weighted by Crippen LogP contribution is -2.49. The van der Waals surface area contributed by atoms with Crippen LogP contribution in [0, 0.1) is 13.8 Å². The average Bonchev–Trinajstić information content (AvgIpc) is 3.22. The molecule has 0 radical (unpaired) electrons. The number of rotatable bonds is 4. The zero-order valence-electron chi connectivity index (χ0n) is 19.2. The van der Waals surface area contributed by atoms with Gasteiger partial charge in [0.2, 0.25) is 5.95 Å². The topological polar surface area (TPSA) is 74.9 Å². The summed E-state index contributed by atoms with van der Waals surface area (Å²) in [5.74, 6) is 2.17. The molecule has 4 heterocycles. The van der Waals surface area contributed by atoms with Gasteiger partial charge in [0.1, 0.15) is 11.5 Å². The van der Waals surface area contributed by atoms with E-state index in [1.165, 1.54) is 5.69 Å². The number of benzene rings is 1. The Labute approximate surface area is 193 Å². The van der Waals surface area contributed by atoms with E-state index in [1.807, 2.05) is 37.1 Å². The highest BCUT2D eigenvalue weighted by molar-refractivity contribution is 5.95. The fourth-order valence-electron chi connectivity index (χ4n) is 4.45. The molecule has 0 aliphatic carbocycles. The van der Waals surface area contributed by atoms with Gasteiger partial charge in [-0.05, 0) is 38.1 Å². The number of furan rings is 1. The molecule has 3 aromatic rings. The SMILES string of the molecule is Cc1cc(C(=O)N2CCN(c3nccc(-c4ccc(N5CCOCC5)cc4)n3)CC2)c(C)o1. The molecule has 0 spiro atoms. The van der Waals surface area contributed by atoms with Gasteiger partial charge in [-0.3, -0.25) is 4.79 Å². The van der Waals surface area contributed by atoms with Gasteiger partial charge in [-0.2, -0.15) is 0 Å². The molecule has 0 bridgehead atoms. The second kappa shape index (κ2) is 9.23. The summed E-state index contributed by atoms with van der Waals surface area (Å²) in [6, 6.07) is 12.3. The first kappa shape index (κ1) is 21.5. The quantitative estimate of drug-likeness (QED) is 0.608. The van der Waals surface area contributed by atoms with Crippen molar-refractivity contribution in [3.05, 3.63) is 59.7 Å².